The predicted octanol–water partition coefficient (Wildman–Crippen LogP) is 19.2. The molecule has 534 valence electrons. The van der Waals surface area contributed by atoms with E-state index in [1.54, 1.807) is 0 Å². The molecule has 2 amide bonds. The molecule has 14 aromatic carbocycles. The Bertz CT molecular complexity index is 3880. The fourth-order valence-corrected chi connectivity index (χ4v) is 21.6. The van der Waals surface area contributed by atoms with Gasteiger partial charge >= 0.3 is 12.2 Å². The van der Waals surface area contributed by atoms with Crippen molar-refractivity contribution in [3.63, 3.8) is 0 Å². The fraction of sp³-hybridized carbons (Fsp3) is 0.0851. The number of hydrogen-bond donors (Lipinski definition) is 2. The van der Waals surface area contributed by atoms with E-state index in [1.807, 2.05) is 69.3 Å². The molecule has 2 heterocycles. The number of aryl methyl sites for hydroxylation is 1. The van der Waals surface area contributed by atoms with Crippen LogP contribution in [0.25, 0.3) is 0 Å². The summed E-state index contributed by atoms with van der Waals surface area (Å²) >= 11 is 3.38. The van der Waals surface area contributed by atoms with Crippen LogP contribution in [-0.2, 0) is 29.9 Å². The summed E-state index contributed by atoms with van der Waals surface area (Å²) in [7, 11) is -1.78. The number of nitrogens with one attached hydrogen (secondary N) is 2. The first-order valence-electron chi connectivity index (χ1n) is 34.7. The normalized spacial score (nSPS) is 14.4. The van der Waals surface area contributed by atoms with Crippen molar-refractivity contribution < 1.29 is 39.5 Å². The van der Waals surface area contributed by atoms with Gasteiger partial charge in [0.25, 0.3) is 0 Å². The van der Waals surface area contributed by atoms with E-state index in [4.69, 9.17) is 9.47 Å². The van der Waals surface area contributed by atoms with E-state index in [9.17, 15) is 9.59 Å². The summed E-state index contributed by atoms with van der Waals surface area (Å²) < 4.78 is 11.3. The maximum Gasteiger partial charge on any atom is 0.408 e. The Morgan fingerprint density at radius 3 is 0.604 bits per heavy atom. The molecule has 2 aliphatic heterocycles. The second-order valence-corrected chi connectivity index (χ2v) is 34.2. The Hall–Kier alpha value is -9.52. The van der Waals surface area contributed by atoms with E-state index in [-0.39, 0.29) is 64.3 Å². The van der Waals surface area contributed by atoms with E-state index in [1.165, 1.54) is 69.2 Å². The summed E-state index contributed by atoms with van der Waals surface area (Å²) in [5.74, 6) is 0. The van der Waals surface area contributed by atoms with Crippen LogP contribution in [0.3, 0.4) is 0 Å². The molecule has 106 heavy (non-hydrogen) atoms. The summed E-state index contributed by atoms with van der Waals surface area (Å²) in [5.41, 5.74) is 3.23. The van der Waals surface area contributed by atoms with Crippen LogP contribution in [0.5, 0.6) is 0 Å². The molecule has 2 aliphatic rings. The van der Waals surface area contributed by atoms with E-state index in [0.29, 0.717) is 0 Å². The van der Waals surface area contributed by atoms with Crippen LogP contribution in [-0.4, -0.2) is 24.3 Å². The van der Waals surface area contributed by atoms with E-state index < -0.39 is 31.7 Å². The molecule has 0 bridgehead atoms. The van der Waals surface area contributed by atoms with Gasteiger partial charge in [-0.05, 0) is 139 Å². The first kappa shape index (κ1) is 80.6. The zero-order valence-corrected chi connectivity index (χ0v) is 65.4. The monoisotopic (exact) mass is 1620 g/mol. The third kappa shape index (κ3) is 23.7. The second kappa shape index (κ2) is 43.2. The van der Waals surface area contributed by atoms with Gasteiger partial charge in [-0.2, -0.15) is 0 Å². The summed E-state index contributed by atoms with van der Waals surface area (Å²) in [6.45, 7) is 5.90. The van der Waals surface area contributed by atoms with Crippen molar-refractivity contribution in [1.82, 2.24) is 10.6 Å². The molecule has 16 rings (SSSR count). The van der Waals surface area contributed by atoms with Crippen molar-refractivity contribution in [3.8, 4) is 0 Å². The molecule has 2 N–H and O–H groups in total. The largest absolute Gasteiger partial charge is 0.439 e. The van der Waals surface area contributed by atoms with E-state index in [0.717, 1.165) is 15.6 Å². The van der Waals surface area contributed by atoms with Crippen molar-refractivity contribution in [2.45, 2.75) is 52.5 Å². The van der Waals surface area contributed by atoms with Gasteiger partial charge in [-0.25, -0.2) is 9.59 Å². The number of alkyl carbamates (subject to hydrolysis) is 2. The number of ether oxygens (including phenoxy) is 2. The number of cyclic esters (lactones) is 2. The topological polar surface area (TPSA) is 76.7 Å². The van der Waals surface area contributed by atoms with Gasteiger partial charge in [0.1, 0.15) is 12.2 Å². The molecule has 0 aliphatic carbocycles. The number of rotatable bonds is 14. The molecule has 12 heteroatoms. The van der Waals surface area contributed by atoms with E-state index in [2.05, 4.69) is 391 Å². The van der Waals surface area contributed by atoms with Gasteiger partial charge in [0.15, 0.2) is 0 Å². The summed E-state index contributed by atoms with van der Waals surface area (Å²) in [6.07, 6.45) is -1.01. The smallest absolute Gasteiger partial charge is 0.408 e. The van der Waals surface area contributed by atoms with Gasteiger partial charge in [-0.3, -0.25) is 0 Å². The number of benzene rings is 14. The molecule has 0 unspecified atom stereocenters. The molecule has 0 radical (unpaired) electrons. The Balaban J connectivity index is 0.000000147. The van der Waals surface area contributed by atoms with Crippen molar-refractivity contribution in [3.05, 3.63) is 434 Å². The summed E-state index contributed by atoms with van der Waals surface area (Å²) in [5, 5.41) is 22.2. The first-order chi connectivity index (χ1) is 51.1. The molecule has 2 fully saturated rings. The van der Waals surface area contributed by atoms with Gasteiger partial charge < -0.3 is 20.1 Å². The molecule has 0 saturated carbocycles. The van der Waals surface area contributed by atoms with Crippen molar-refractivity contribution in [1.29, 1.82) is 0 Å². The van der Waals surface area contributed by atoms with Crippen LogP contribution in [0.15, 0.2) is 417 Å². The quantitative estimate of drug-likeness (QED) is 0.0840. The molecule has 6 nitrogen and oxygen atoms in total. The molecule has 4 atom stereocenters. The van der Waals surface area contributed by atoms with Gasteiger partial charge in [0.2, 0.25) is 0 Å². The maximum absolute atomic E-state index is 11.0. The number of carbonyl (C=O) groups is 2. The van der Waals surface area contributed by atoms with Gasteiger partial charge in [0, 0.05) is 24.9 Å². The molecule has 0 aromatic heterocycles. The Labute approximate surface area is 654 Å². The zero-order valence-electron chi connectivity index (χ0n) is 58.7. The van der Waals surface area contributed by atoms with Crippen molar-refractivity contribution in [2.75, 3.05) is 0 Å². The Morgan fingerprint density at radius 1 is 0.264 bits per heavy atom. The van der Waals surface area contributed by atoms with Crippen molar-refractivity contribution >= 4 is 123 Å². The van der Waals surface area contributed by atoms with E-state index >= 15 is 0 Å². The third-order valence-electron chi connectivity index (χ3n) is 16.8. The van der Waals surface area contributed by atoms with Crippen LogP contribution in [0, 0.1) is 6.92 Å². The third-order valence-corrected chi connectivity index (χ3v) is 27.1. The van der Waals surface area contributed by atoms with Crippen LogP contribution >= 0.6 is 47.6 Å². The zero-order chi connectivity index (χ0) is 71.9. The number of carbonyl (C=O) groups excluding carboxylic acids is 2. The van der Waals surface area contributed by atoms with Crippen LogP contribution in [0.1, 0.15) is 50.2 Å². The minimum atomic E-state index is -0.446. The number of halogens is 1. The van der Waals surface area contributed by atoms with Crippen molar-refractivity contribution in [2.24, 2.45) is 0 Å². The molecule has 0 spiro atoms. The average Bonchev–Trinajstić information content (AvgIpc) is 1.74. The second-order valence-electron chi connectivity index (χ2n) is 24.4. The number of hydrogen-bond acceptors (Lipinski definition) is 4. The fourth-order valence-electron chi connectivity index (χ4n) is 12.0. The van der Waals surface area contributed by atoms with Gasteiger partial charge in [-0.1, -0.05) is 429 Å². The molecule has 2 saturated heterocycles. The Morgan fingerprint density at radius 2 is 0.443 bits per heavy atom. The van der Waals surface area contributed by atoms with Gasteiger partial charge in [-0.15, -0.1) is 0 Å². The molecular formula is C94H87BrN2O4P4Pd. The minimum Gasteiger partial charge on any atom is -0.439 e. The van der Waals surface area contributed by atoms with Crippen LogP contribution < -0.4 is 74.3 Å². The average molecular weight is 1620 g/mol. The molecular weight excluding hydrogens is 1530 g/mol. The molecule has 14 aromatic rings. The van der Waals surface area contributed by atoms with Crippen LogP contribution in [0.4, 0.5) is 9.59 Å². The summed E-state index contributed by atoms with van der Waals surface area (Å²) in [6, 6.07) is 145. The standard InChI is InChI=1S/4C18H15P.C11H13NO2.C10H10BrNO2.CH4.Pd/c4*1-4-10-16(11-5-1)19(17-12-6-2-7-13-17)18-14-8-3-9-15-18;1-7-4-3-5-9(6-7)10-8(2)12-11(13)14-10;1-6-9(14-10(13)12-6)7-3-2-4-8(11)5-7;;/h4*1-15H;3-6,8,10H,1-2H3,(H,12,13);2-6,9H,1H3,(H,12,13);1H4;/t;;;;8-,10+;6-,9+;;/m....00../s1. The van der Waals surface area contributed by atoms with Gasteiger partial charge in [0.05, 0.1) is 12.1 Å². The predicted molar refractivity (Wildman–Crippen MR) is 456 cm³/mol. The SMILES string of the molecule is C.C[C@@H]1NC(=O)O[C@H]1c1cccc(Br)c1.Cc1cccc([C@@H]2OC(=O)N[C@H]2C)c1.[Pd].c1ccc(P(c2ccccc2)c2ccccc2)cc1.c1ccc(P(c2ccccc2)c2ccccc2)cc1.c1ccc(P(c2ccccc2)c2ccccc2)cc1.c1ccc(P(c2ccccc2)c2ccccc2)cc1. The minimum absolute atomic E-state index is 0. The van der Waals surface area contributed by atoms with Crippen LogP contribution in [0.2, 0.25) is 0 Å². The Kier molecular flexibility index (Phi) is 32.8. The number of amides is 2. The summed E-state index contributed by atoms with van der Waals surface area (Å²) in [4.78, 5) is 22.0. The first-order valence-corrected chi connectivity index (χ1v) is 40.9. The maximum atomic E-state index is 11.0.